The molecular weight excluding hydrogens is 355 g/mol. The Labute approximate surface area is 160 Å². The van der Waals surface area contributed by atoms with E-state index in [9.17, 15) is 4.79 Å². The number of likely N-dealkylation sites (tertiary alicyclic amines) is 2. The SMILES string of the molecule is O=C(C1CCc2cc(Cl)c(Cl)cc21)N1CCCCC1CN1CCCC1. The van der Waals surface area contributed by atoms with E-state index in [1.807, 2.05) is 12.1 Å². The molecule has 2 fully saturated rings. The molecule has 5 heteroatoms. The topological polar surface area (TPSA) is 23.6 Å². The normalized spacial score (nSPS) is 26.9. The van der Waals surface area contributed by atoms with Gasteiger partial charge in [0.2, 0.25) is 5.91 Å². The molecule has 0 radical (unpaired) electrons. The minimum absolute atomic E-state index is 0.0380. The van der Waals surface area contributed by atoms with Crippen molar-refractivity contribution in [3.05, 3.63) is 33.3 Å². The van der Waals surface area contributed by atoms with Gasteiger partial charge >= 0.3 is 0 Å². The third-order valence-corrected chi connectivity index (χ3v) is 6.86. The number of aryl methyl sites for hydroxylation is 1. The van der Waals surface area contributed by atoms with Crippen LogP contribution in [0.1, 0.15) is 55.6 Å². The highest BCUT2D eigenvalue weighted by Gasteiger charge is 2.36. The zero-order valence-corrected chi connectivity index (χ0v) is 16.2. The molecule has 3 aliphatic rings. The summed E-state index contributed by atoms with van der Waals surface area (Å²) in [7, 11) is 0. The third kappa shape index (κ3) is 3.56. The molecule has 2 heterocycles. The van der Waals surface area contributed by atoms with Crippen LogP contribution < -0.4 is 0 Å². The first-order valence-electron chi connectivity index (χ1n) is 9.64. The molecule has 0 aromatic heterocycles. The van der Waals surface area contributed by atoms with Gasteiger partial charge in [0.25, 0.3) is 0 Å². The third-order valence-electron chi connectivity index (χ3n) is 6.14. The van der Waals surface area contributed by atoms with Gasteiger partial charge < -0.3 is 9.80 Å². The lowest BCUT2D eigenvalue weighted by molar-refractivity contribution is -0.137. The molecule has 0 spiro atoms. The number of hydrogen-bond donors (Lipinski definition) is 0. The highest BCUT2D eigenvalue weighted by Crippen LogP contribution is 2.39. The Balaban J connectivity index is 1.52. The first kappa shape index (κ1) is 17.6. The van der Waals surface area contributed by atoms with Crippen molar-refractivity contribution in [2.24, 2.45) is 0 Å². The first-order chi connectivity index (χ1) is 12.1. The van der Waals surface area contributed by atoms with Crippen LogP contribution in [0.4, 0.5) is 0 Å². The van der Waals surface area contributed by atoms with Gasteiger partial charge in [-0.2, -0.15) is 0 Å². The van der Waals surface area contributed by atoms with E-state index in [1.165, 1.54) is 37.9 Å². The quantitative estimate of drug-likeness (QED) is 0.770. The Bertz CT molecular complexity index is 657. The van der Waals surface area contributed by atoms with E-state index in [1.54, 1.807) is 0 Å². The van der Waals surface area contributed by atoms with Crippen LogP contribution in [0.5, 0.6) is 0 Å². The average molecular weight is 381 g/mol. The maximum atomic E-state index is 13.4. The van der Waals surface area contributed by atoms with Gasteiger partial charge in [0.15, 0.2) is 0 Å². The highest BCUT2D eigenvalue weighted by molar-refractivity contribution is 6.42. The summed E-state index contributed by atoms with van der Waals surface area (Å²) in [6.07, 6.45) is 7.92. The molecule has 2 saturated heterocycles. The van der Waals surface area contributed by atoms with Crippen molar-refractivity contribution in [2.75, 3.05) is 26.2 Å². The lowest BCUT2D eigenvalue weighted by atomic mass is 9.95. The molecule has 2 aliphatic heterocycles. The van der Waals surface area contributed by atoms with Gasteiger partial charge in [0.05, 0.1) is 16.0 Å². The minimum Gasteiger partial charge on any atom is -0.338 e. The molecular formula is C20H26Cl2N2O. The van der Waals surface area contributed by atoms with Gasteiger partial charge in [0.1, 0.15) is 0 Å². The molecule has 2 unspecified atom stereocenters. The second kappa shape index (κ2) is 7.46. The number of carbonyl (C=O) groups excluding carboxylic acids is 1. The predicted octanol–water partition coefficient (Wildman–Crippen LogP) is 4.50. The fourth-order valence-electron chi connectivity index (χ4n) is 4.80. The smallest absolute Gasteiger partial charge is 0.230 e. The van der Waals surface area contributed by atoms with Crippen LogP contribution in [-0.2, 0) is 11.2 Å². The fourth-order valence-corrected chi connectivity index (χ4v) is 5.16. The fraction of sp³-hybridized carbons (Fsp3) is 0.650. The van der Waals surface area contributed by atoms with Gasteiger partial charge in [0, 0.05) is 19.1 Å². The largest absolute Gasteiger partial charge is 0.338 e. The van der Waals surface area contributed by atoms with Gasteiger partial charge in [-0.25, -0.2) is 0 Å². The van der Waals surface area contributed by atoms with Crippen molar-refractivity contribution in [3.8, 4) is 0 Å². The molecule has 1 aromatic rings. The average Bonchev–Trinajstić information content (AvgIpc) is 3.25. The molecule has 2 atom stereocenters. The summed E-state index contributed by atoms with van der Waals surface area (Å²) in [6, 6.07) is 4.25. The van der Waals surface area contributed by atoms with Gasteiger partial charge in [-0.05, 0) is 81.3 Å². The Morgan fingerprint density at radius 1 is 1.00 bits per heavy atom. The van der Waals surface area contributed by atoms with Crippen LogP contribution in [0.25, 0.3) is 0 Å². The molecule has 1 aromatic carbocycles. The molecule has 1 aliphatic carbocycles. The van der Waals surface area contributed by atoms with Crippen molar-refractivity contribution in [2.45, 2.75) is 56.9 Å². The van der Waals surface area contributed by atoms with Gasteiger partial charge in [-0.15, -0.1) is 0 Å². The Morgan fingerprint density at radius 3 is 2.52 bits per heavy atom. The maximum Gasteiger partial charge on any atom is 0.230 e. The van der Waals surface area contributed by atoms with Crippen LogP contribution >= 0.6 is 23.2 Å². The van der Waals surface area contributed by atoms with Gasteiger partial charge in [-0.1, -0.05) is 23.2 Å². The van der Waals surface area contributed by atoms with E-state index >= 15 is 0 Å². The van der Waals surface area contributed by atoms with Crippen LogP contribution in [0.2, 0.25) is 10.0 Å². The van der Waals surface area contributed by atoms with E-state index in [4.69, 9.17) is 23.2 Å². The van der Waals surface area contributed by atoms with Crippen molar-refractivity contribution in [3.63, 3.8) is 0 Å². The number of carbonyl (C=O) groups is 1. The molecule has 4 rings (SSSR count). The van der Waals surface area contributed by atoms with E-state index in [-0.39, 0.29) is 5.92 Å². The number of piperidine rings is 1. The van der Waals surface area contributed by atoms with Crippen molar-refractivity contribution >= 4 is 29.1 Å². The van der Waals surface area contributed by atoms with Gasteiger partial charge in [-0.3, -0.25) is 4.79 Å². The Kier molecular flexibility index (Phi) is 5.26. The Hall–Kier alpha value is -0.770. The number of fused-ring (bicyclic) bond motifs is 1. The van der Waals surface area contributed by atoms with E-state index < -0.39 is 0 Å². The van der Waals surface area contributed by atoms with Crippen LogP contribution in [0.3, 0.4) is 0 Å². The van der Waals surface area contributed by atoms with Crippen LogP contribution in [0, 0.1) is 0 Å². The van der Waals surface area contributed by atoms with E-state index in [0.717, 1.165) is 44.3 Å². The summed E-state index contributed by atoms with van der Waals surface area (Å²) in [5.41, 5.74) is 2.30. The molecule has 136 valence electrons. The molecule has 0 saturated carbocycles. The Morgan fingerprint density at radius 2 is 1.72 bits per heavy atom. The summed E-state index contributed by atoms with van der Waals surface area (Å²) in [5, 5.41) is 1.16. The lowest BCUT2D eigenvalue weighted by Crippen LogP contribution is -2.50. The number of hydrogen-bond acceptors (Lipinski definition) is 2. The summed E-state index contributed by atoms with van der Waals surface area (Å²) in [4.78, 5) is 18.1. The molecule has 0 N–H and O–H groups in total. The molecule has 1 amide bonds. The number of amides is 1. The molecule has 3 nitrogen and oxygen atoms in total. The summed E-state index contributed by atoms with van der Waals surface area (Å²) in [5.74, 6) is 0.269. The molecule has 25 heavy (non-hydrogen) atoms. The van der Waals surface area contributed by atoms with Crippen molar-refractivity contribution in [1.82, 2.24) is 9.80 Å². The number of benzene rings is 1. The van der Waals surface area contributed by atoms with Crippen LogP contribution in [-0.4, -0.2) is 47.9 Å². The minimum atomic E-state index is -0.0380. The van der Waals surface area contributed by atoms with E-state index in [0.29, 0.717) is 22.0 Å². The van der Waals surface area contributed by atoms with E-state index in [2.05, 4.69) is 9.80 Å². The summed E-state index contributed by atoms with van der Waals surface area (Å²) in [6.45, 7) is 4.34. The maximum absolute atomic E-state index is 13.4. The lowest BCUT2D eigenvalue weighted by Gasteiger charge is -2.39. The standard InChI is InChI=1S/C20H26Cl2N2O/c21-18-11-14-6-7-16(17(14)12-19(18)22)20(25)24-10-2-1-5-15(24)13-23-8-3-4-9-23/h11-12,15-16H,1-10,13H2. The number of halogens is 2. The van der Waals surface area contributed by atoms with Crippen molar-refractivity contribution in [1.29, 1.82) is 0 Å². The molecule has 0 bridgehead atoms. The predicted molar refractivity (Wildman–Crippen MR) is 103 cm³/mol. The summed E-state index contributed by atoms with van der Waals surface area (Å²) >= 11 is 12.4. The first-order valence-corrected chi connectivity index (χ1v) is 10.4. The number of nitrogens with zero attached hydrogens (tertiary/aromatic N) is 2. The monoisotopic (exact) mass is 380 g/mol. The zero-order valence-electron chi connectivity index (χ0n) is 14.6. The highest BCUT2D eigenvalue weighted by atomic mass is 35.5. The second-order valence-electron chi connectivity index (χ2n) is 7.75. The van der Waals surface area contributed by atoms with Crippen LogP contribution in [0.15, 0.2) is 12.1 Å². The van der Waals surface area contributed by atoms with Crippen molar-refractivity contribution < 1.29 is 4.79 Å². The number of rotatable bonds is 3. The second-order valence-corrected chi connectivity index (χ2v) is 8.56. The summed E-state index contributed by atoms with van der Waals surface area (Å²) < 4.78 is 0. The zero-order chi connectivity index (χ0) is 17.4.